The van der Waals surface area contributed by atoms with E-state index in [2.05, 4.69) is 46.0 Å². The quantitative estimate of drug-likeness (QED) is 0.763. The molecule has 5 nitrogen and oxygen atoms in total. The first kappa shape index (κ1) is 18.3. The lowest BCUT2D eigenvalue weighted by molar-refractivity contribution is 0.198. The number of benzene rings is 2. The third-order valence-electron chi connectivity index (χ3n) is 5.77. The first-order valence-corrected chi connectivity index (χ1v) is 9.68. The molecule has 1 aromatic heterocycles. The first-order chi connectivity index (χ1) is 13.6. The van der Waals surface area contributed by atoms with Gasteiger partial charge in [0.25, 0.3) is 5.56 Å². The van der Waals surface area contributed by atoms with Crippen molar-refractivity contribution in [3.05, 3.63) is 75.6 Å². The van der Waals surface area contributed by atoms with Gasteiger partial charge in [-0.1, -0.05) is 24.3 Å². The number of aromatic nitrogens is 1. The molecule has 0 amide bonds. The van der Waals surface area contributed by atoms with Gasteiger partial charge in [0.15, 0.2) is 0 Å². The molecule has 0 saturated carbocycles. The van der Waals surface area contributed by atoms with Gasteiger partial charge >= 0.3 is 0 Å². The number of pyridine rings is 1. The van der Waals surface area contributed by atoms with Gasteiger partial charge in [-0.3, -0.25) is 9.69 Å². The van der Waals surface area contributed by atoms with E-state index in [4.69, 9.17) is 0 Å². The lowest BCUT2D eigenvalue weighted by atomic mass is 10.0. The summed E-state index contributed by atoms with van der Waals surface area (Å²) in [5.74, 6) is 0. The number of fused-ring (bicyclic) bond motifs is 1. The molecule has 1 atom stereocenters. The fourth-order valence-electron chi connectivity index (χ4n) is 3.99. The van der Waals surface area contributed by atoms with Crippen LogP contribution in [0.15, 0.2) is 53.3 Å². The highest BCUT2D eigenvalue weighted by atomic mass is 16.1. The van der Waals surface area contributed by atoms with E-state index < -0.39 is 0 Å². The molecule has 142 valence electrons. The van der Waals surface area contributed by atoms with Crippen LogP contribution in [0.25, 0.3) is 10.9 Å². The Morgan fingerprint density at radius 3 is 2.57 bits per heavy atom. The van der Waals surface area contributed by atoms with Crippen LogP contribution in [0.3, 0.4) is 0 Å². The standard InChI is InChI=1S/C23H24N4O/c1-16-13-19-8-7-18(14-21(19)25-23(16)28)17(2)26-9-11-27(12-10-26)22-6-4-3-5-20(22)15-24/h3-8,13-14,17H,9-12H2,1-2H3,(H,25,28). The summed E-state index contributed by atoms with van der Waals surface area (Å²) < 4.78 is 0. The highest BCUT2D eigenvalue weighted by molar-refractivity contribution is 5.79. The van der Waals surface area contributed by atoms with Crippen molar-refractivity contribution in [1.82, 2.24) is 9.88 Å². The Balaban J connectivity index is 1.50. The molecular formula is C23H24N4O. The van der Waals surface area contributed by atoms with Gasteiger partial charge in [-0.2, -0.15) is 5.26 Å². The summed E-state index contributed by atoms with van der Waals surface area (Å²) in [6.45, 7) is 7.71. The van der Waals surface area contributed by atoms with Gasteiger partial charge in [0.1, 0.15) is 6.07 Å². The number of nitriles is 1. The van der Waals surface area contributed by atoms with Crippen LogP contribution in [0.5, 0.6) is 0 Å². The van der Waals surface area contributed by atoms with Crippen molar-refractivity contribution in [2.75, 3.05) is 31.1 Å². The summed E-state index contributed by atoms with van der Waals surface area (Å²) in [5.41, 5.74) is 4.57. The normalized spacial score (nSPS) is 16.1. The summed E-state index contributed by atoms with van der Waals surface area (Å²) in [5, 5.41) is 10.4. The van der Waals surface area contributed by atoms with E-state index in [1.165, 1.54) is 5.56 Å². The molecule has 0 radical (unpaired) electrons. The van der Waals surface area contributed by atoms with Gasteiger partial charge in [0.05, 0.1) is 11.3 Å². The third-order valence-corrected chi connectivity index (χ3v) is 5.77. The summed E-state index contributed by atoms with van der Waals surface area (Å²) in [7, 11) is 0. The predicted octanol–water partition coefficient (Wildman–Crippen LogP) is 3.59. The van der Waals surface area contributed by atoms with Gasteiger partial charge in [0, 0.05) is 43.3 Å². The maximum Gasteiger partial charge on any atom is 0.251 e. The number of aromatic amines is 1. The first-order valence-electron chi connectivity index (χ1n) is 9.68. The number of nitrogens with zero attached hydrogens (tertiary/aromatic N) is 3. The predicted molar refractivity (Wildman–Crippen MR) is 113 cm³/mol. The number of nitrogens with one attached hydrogen (secondary N) is 1. The topological polar surface area (TPSA) is 63.1 Å². The smallest absolute Gasteiger partial charge is 0.251 e. The second kappa shape index (κ2) is 7.49. The van der Waals surface area contributed by atoms with Crippen LogP contribution in [-0.4, -0.2) is 36.1 Å². The molecule has 1 aliphatic rings. The van der Waals surface area contributed by atoms with E-state index in [1.807, 2.05) is 37.3 Å². The molecule has 0 spiro atoms. The summed E-state index contributed by atoms with van der Waals surface area (Å²) in [6, 6.07) is 18.6. The zero-order valence-corrected chi connectivity index (χ0v) is 16.3. The zero-order chi connectivity index (χ0) is 19.7. The second-order valence-electron chi connectivity index (χ2n) is 7.46. The molecular weight excluding hydrogens is 348 g/mol. The molecule has 1 unspecified atom stereocenters. The van der Waals surface area contributed by atoms with Crippen LogP contribution in [0.4, 0.5) is 5.69 Å². The molecule has 0 bridgehead atoms. The minimum atomic E-state index is -0.0259. The van der Waals surface area contributed by atoms with E-state index in [1.54, 1.807) is 0 Å². The van der Waals surface area contributed by atoms with Crippen molar-refractivity contribution in [3.8, 4) is 6.07 Å². The number of piperazine rings is 1. The molecule has 5 heteroatoms. The number of anilines is 1. The Kier molecular flexibility index (Phi) is 4.89. The third kappa shape index (κ3) is 3.39. The molecule has 1 N–H and O–H groups in total. The molecule has 3 aromatic rings. The Morgan fingerprint density at radius 2 is 1.82 bits per heavy atom. The fourth-order valence-corrected chi connectivity index (χ4v) is 3.99. The zero-order valence-electron chi connectivity index (χ0n) is 16.3. The lowest BCUT2D eigenvalue weighted by Gasteiger charge is -2.39. The number of aryl methyl sites for hydroxylation is 1. The van der Waals surface area contributed by atoms with Crippen LogP contribution in [0, 0.1) is 18.3 Å². The van der Waals surface area contributed by atoms with Gasteiger partial charge in [-0.15, -0.1) is 0 Å². The average molecular weight is 372 g/mol. The van der Waals surface area contributed by atoms with Gasteiger partial charge in [-0.05, 0) is 49.1 Å². The second-order valence-corrected chi connectivity index (χ2v) is 7.46. The fraction of sp³-hybridized carbons (Fsp3) is 0.304. The van der Waals surface area contributed by atoms with Crippen molar-refractivity contribution in [1.29, 1.82) is 5.26 Å². The molecule has 1 aliphatic heterocycles. The van der Waals surface area contributed by atoms with Crippen LogP contribution in [0.1, 0.15) is 29.7 Å². The van der Waals surface area contributed by atoms with Crippen molar-refractivity contribution < 1.29 is 0 Å². The summed E-state index contributed by atoms with van der Waals surface area (Å²) >= 11 is 0. The van der Waals surface area contributed by atoms with E-state index in [0.29, 0.717) is 0 Å². The van der Waals surface area contributed by atoms with E-state index >= 15 is 0 Å². The molecule has 2 heterocycles. The van der Waals surface area contributed by atoms with Crippen LogP contribution in [-0.2, 0) is 0 Å². The molecule has 2 aromatic carbocycles. The number of hydrogen-bond acceptors (Lipinski definition) is 4. The number of para-hydroxylation sites is 1. The Labute approximate surface area is 164 Å². The van der Waals surface area contributed by atoms with Crippen molar-refractivity contribution in [2.45, 2.75) is 19.9 Å². The summed E-state index contributed by atoms with van der Waals surface area (Å²) in [6.07, 6.45) is 0. The van der Waals surface area contributed by atoms with Crippen molar-refractivity contribution >= 4 is 16.6 Å². The van der Waals surface area contributed by atoms with Crippen molar-refractivity contribution in [3.63, 3.8) is 0 Å². The van der Waals surface area contributed by atoms with Gasteiger partial charge in [0.2, 0.25) is 0 Å². The molecule has 0 aliphatic carbocycles. The van der Waals surface area contributed by atoms with Crippen molar-refractivity contribution in [2.24, 2.45) is 0 Å². The van der Waals surface area contributed by atoms with Gasteiger partial charge < -0.3 is 9.88 Å². The van der Waals surface area contributed by atoms with Crippen LogP contribution >= 0.6 is 0 Å². The summed E-state index contributed by atoms with van der Waals surface area (Å²) in [4.78, 5) is 19.7. The van der Waals surface area contributed by atoms with Crippen LogP contribution < -0.4 is 10.5 Å². The molecule has 28 heavy (non-hydrogen) atoms. The minimum Gasteiger partial charge on any atom is -0.368 e. The number of rotatable bonds is 3. The number of H-pyrrole nitrogens is 1. The highest BCUT2D eigenvalue weighted by Crippen LogP contribution is 2.27. The average Bonchev–Trinajstić information content (AvgIpc) is 2.74. The molecule has 4 rings (SSSR count). The molecule has 1 saturated heterocycles. The number of hydrogen-bond donors (Lipinski definition) is 1. The maximum atomic E-state index is 11.9. The van der Waals surface area contributed by atoms with E-state index in [9.17, 15) is 10.1 Å². The van der Waals surface area contributed by atoms with E-state index in [-0.39, 0.29) is 11.6 Å². The SMILES string of the molecule is Cc1cc2ccc(C(C)N3CCN(c4ccccc4C#N)CC3)cc2[nH]c1=O. The van der Waals surface area contributed by atoms with Gasteiger partial charge in [-0.25, -0.2) is 0 Å². The largest absolute Gasteiger partial charge is 0.368 e. The molecule has 1 fully saturated rings. The Hall–Kier alpha value is -3.10. The Bertz CT molecular complexity index is 1100. The monoisotopic (exact) mass is 372 g/mol. The van der Waals surface area contributed by atoms with E-state index in [0.717, 1.165) is 53.9 Å². The maximum absolute atomic E-state index is 11.9. The highest BCUT2D eigenvalue weighted by Gasteiger charge is 2.23. The lowest BCUT2D eigenvalue weighted by Crippen LogP contribution is -2.47. The van der Waals surface area contributed by atoms with Crippen LogP contribution in [0.2, 0.25) is 0 Å². The Morgan fingerprint density at radius 1 is 1.07 bits per heavy atom. The minimum absolute atomic E-state index is 0.0259.